The van der Waals surface area contributed by atoms with E-state index in [0.717, 1.165) is 11.8 Å². The van der Waals surface area contributed by atoms with Gasteiger partial charge in [0.05, 0.1) is 37.6 Å². The van der Waals surface area contributed by atoms with Crippen molar-refractivity contribution in [2.45, 2.75) is 31.0 Å². The average molecular weight is 521 g/mol. The van der Waals surface area contributed by atoms with Crippen LogP contribution in [0.25, 0.3) is 10.9 Å². The van der Waals surface area contributed by atoms with Gasteiger partial charge in [-0.15, -0.1) is 0 Å². The molecule has 3 N–H and O–H groups in total. The van der Waals surface area contributed by atoms with Crippen molar-refractivity contribution in [2.75, 3.05) is 25.6 Å². The zero-order chi connectivity index (χ0) is 26.6. The highest BCUT2D eigenvalue weighted by Crippen LogP contribution is 2.27. The number of anilines is 1. The molecule has 198 valence electrons. The van der Waals surface area contributed by atoms with Gasteiger partial charge in [0.15, 0.2) is 11.6 Å². The summed E-state index contributed by atoms with van der Waals surface area (Å²) in [5, 5.41) is 20.7. The third-order valence-corrected chi connectivity index (χ3v) is 6.59. The normalized spacial score (nSPS) is 18.2. The van der Waals surface area contributed by atoms with Crippen LogP contribution in [0, 0.1) is 5.82 Å². The molecule has 0 saturated carbocycles. The molecule has 1 amide bonds. The molecule has 4 aromatic rings. The van der Waals surface area contributed by atoms with E-state index in [1.54, 1.807) is 54.6 Å². The van der Waals surface area contributed by atoms with Crippen LogP contribution in [0.2, 0.25) is 0 Å². The van der Waals surface area contributed by atoms with Crippen LogP contribution in [0.3, 0.4) is 0 Å². The zero-order valence-corrected chi connectivity index (χ0v) is 21.1. The molecule has 1 saturated heterocycles. The molecule has 11 heteroatoms. The van der Waals surface area contributed by atoms with Crippen LogP contribution in [-0.4, -0.2) is 63.2 Å². The molecule has 0 spiro atoms. The van der Waals surface area contributed by atoms with Gasteiger partial charge in [0.2, 0.25) is 5.95 Å². The maximum Gasteiger partial charge on any atom is 0.252 e. The monoisotopic (exact) mass is 520 g/mol. The molecule has 0 bridgehead atoms. The predicted octanol–water partition coefficient (Wildman–Crippen LogP) is 2.98. The van der Waals surface area contributed by atoms with E-state index in [1.807, 2.05) is 0 Å². The van der Waals surface area contributed by atoms with Crippen LogP contribution in [0.15, 0.2) is 55.0 Å². The summed E-state index contributed by atoms with van der Waals surface area (Å²) in [6.07, 6.45) is 6.34. The number of halogens is 1. The number of carbonyl (C=O) groups excluding carboxylic acids is 1. The van der Waals surface area contributed by atoms with E-state index in [2.05, 4.69) is 25.7 Å². The van der Waals surface area contributed by atoms with Crippen molar-refractivity contribution in [3.8, 4) is 5.75 Å². The number of carbonyl (C=O) groups is 1. The molecule has 1 aliphatic rings. The van der Waals surface area contributed by atoms with Crippen molar-refractivity contribution >= 4 is 22.8 Å². The SMILES string of the molecule is COc1ccc(C(NC(=O)c2ccc3cnc(N[C@H]4CCO[C@H](CO)C4)nc3c2)c2cnn(C)c2)cc1F. The summed E-state index contributed by atoms with van der Waals surface area (Å²) in [6.45, 7) is 0.523. The van der Waals surface area contributed by atoms with Crippen LogP contribution in [0.5, 0.6) is 5.75 Å². The number of nitrogens with one attached hydrogen (secondary N) is 2. The van der Waals surface area contributed by atoms with Crippen molar-refractivity contribution < 1.29 is 23.8 Å². The molecule has 5 rings (SSSR count). The molecule has 2 aromatic carbocycles. The van der Waals surface area contributed by atoms with Crippen molar-refractivity contribution in [3.05, 3.63) is 77.5 Å². The van der Waals surface area contributed by atoms with Crippen molar-refractivity contribution in [1.29, 1.82) is 0 Å². The number of aryl methyl sites for hydroxylation is 1. The highest BCUT2D eigenvalue weighted by Gasteiger charge is 2.23. The number of aliphatic hydroxyl groups is 1. The lowest BCUT2D eigenvalue weighted by molar-refractivity contribution is -0.0213. The quantitative estimate of drug-likeness (QED) is 0.324. The van der Waals surface area contributed by atoms with Crippen LogP contribution >= 0.6 is 0 Å². The second-order valence-electron chi connectivity index (χ2n) is 9.26. The number of aromatic nitrogens is 4. The first-order valence-electron chi connectivity index (χ1n) is 12.3. The maximum atomic E-state index is 14.5. The van der Waals surface area contributed by atoms with E-state index in [0.29, 0.717) is 41.2 Å². The third-order valence-electron chi connectivity index (χ3n) is 6.59. The van der Waals surface area contributed by atoms with Crippen molar-refractivity contribution in [3.63, 3.8) is 0 Å². The number of aliphatic hydroxyl groups excluding tert-OH is 1. The van der Waals surface area contributed by atoms with Crippen LogP contribution in [0.1, 0.15) is 40.4 Å². The Bertz CT molecular complexity index is 1440. The van der Waals surface area contributed by atoms with Crippen LogP contribution in [-0.2, 0) is 11.8 Å². The number of ether oxygens (including phenoxy) is 2. The topological polar surface area (TPSA) is 123 Å². The number of hydrogen-bond acceptors (Lipinski definition) is 8. The first kappa shape index (κ1) is 25.6. The number of amides is 1. The average Bonchev–Trinajstić information content (AvgIpc) is 3.37. The molecule has 3 heterocycles. The molecule has 1 fully saturated rings. The van der Waals surface area contributed by atoms with Gasteiger partial charge < -0.3 is 25.2 Å². The minimum absolute atomic E-state index is 0.0293. The van der Waals surface area contributed by atoms with Gasteiger partial charge in [-0.2, -0.15) is 5.10 Å². The number of nitrogens with zero attached hydrogens (tertiary/aromatic N) is 4. The lowest BCUT2D eigenvalue weighted by Gasteiger charge is -2.29. The van der Waals surface area contributed by atoms with Gasteiger partial charge in [0.25, 0.3) is 5.91 Å². The van der Waals surface area contributed by atoms with Gasteiger partial charge in [0.1, 0.15) is 0 Å². The van der Waals surface area contributed by atoms with Gasteiger partial charge in [-0.1, -0.05) is 12.1 Å². The van der Waals surface area contributed by atoms with Gasteiger partial charge in [-0.05, 0) is 42.7 Å². The van der Waals surface area contributed by atoms with Gasteiger partial charge in [-0.3, -0.25) is 9.48 Å². The Morgan fingerprint density at radius 2 is 2.13 bits per heavy atom. The number of methoxy groups -OCH3 is 1. The van der Waals surface area contributed by atoms with Crippen LogP contribution in [0.4, 0.5) is 10.3 Å². The second-order valence-corrected chi connectivity index (χ2v) is 9.26. The molecule has 0 radical (unpaired) electrons. The minimum Gasteiger partial charge on any atom is -0.494 e. The lowest BCUT2D eigenvalue weighted by Crippen LogP contribution is -2.36. The Hall–Kier alpha value is -4.09. The fraction of sp³-hybridized carbons (Fsp3) is 0.333. The second kappa shape index (κ2) is 11.1. The first-order valence-corrected chi connectivity index (χ1v) is 12.3. The number of rotatable bonds is 8. The first-order chi connectivity index (χ1) is 18.4. The predicted molar refractivity (Wildman–Crippen MR) is 138 cm³/mol. The highest BCUT2D eigenvalue weighted by molar-refractivity contribution is 5.98. The molecule has 1 aliphatic heterocycles. The fourth-order valence-corrected chi connectivity index (χ4v) is 4.58. The lowest BCUT2D eigenvalue weighted by atomic mass is 10.0. The van der Waals surface area contributed by atoms with E-state index < -0.39 is 11.9 Å². The Balaban J connectivity index is 1.39. The summed E-state index contributed by atoms with van der Waals surface area (Å²) in [7, 11) is 3.17. The molecule has 0 aliphatic carbocycles. The van der Waals surface area contributed by atoms with Gasteiger partial charge in [-0.25, -0.2) is 14.4 Å². The summed E-state index contributed by atoms with van der Waals surface area (Å²) in [5.74, 6) is -0.303. The molecule has 2 aromatic heterocycles. The standard InChI is InChI=1S/C27H29FN6O4/c1-34-14-19(13-30-34)25(16-5-6-24(37-2)22(28)9-16)33-26(36)17-3-4-18-12-29-27(32-23(18)10-17)31-20-7-8-38-21(11-20)15-35/h3-6,9-10,12-14,20-21,25,35H,7-8,11,15H2,1-2H3,(H,33,36)(H,29,31,32)/t20-,21-,25?/m0/s1. The summed E-state index contributed by atoms with van der Waals surface area (Å²) in [5.41, 5.74) is 2.26. The molecular formula is C27H29FN6O4. The smallest absolute Gasteiger partial charge is 0.252 e. The third kappa shape index (κ3) is 5.58. The Labute approximate surface area is 218 Å². The summed E-state index contributed by atoms with van der Waals surface area (Å²) in [4.78, 5) is 22.4. The van der Waals surface area contributed by atoms with Crippen LogP contribution < -0.4 is 15.4 Å². The van der Waals surface area contributed by atoms with E-state index in [1.165, 1.54) is 19.2 Å². The Kier molecular flexibility index (Phi) is 7.47. The molecule has 3 atom stereocenters. The van der Waals surface area contributed by atoms with E-state index in [-0.39, 0.29) is 30.4 Å². The van der Waals surface area contributed by atoms with Gasteiger partial charge >= 0.3 is 0 Å². The summed E-state index contributed by atoms with van der Waals surface area (Å²) >= 11 is 0. The van der Waals surface area contributed by atoms with Crippen molar-refractivity contribution in [2.24, 2.45) is 7.05 Å². The van der Waals surface area contributed by atoms with Gasteiger partial charge in [0, 0.05) is 48.6 Å². The Morgan fingerprint density at radius 3 is 2.87 bits per heavy atom. The summed E-state index contributed by atoms with van der Waals surface area (Å²) in [6, 6.07) is 9.22. The summed E-state index contributed by atoms with van der Waals surface area (Å²) < 4.78 is 26.7. The number of hydrogen-bond donors (Lipinski definition) is 3. The van der Waals surface area contributed by atoms with Crippen molar-refractivity contribution in [1.82, 2.24) is 25.1 Å². The molecule has 1 unspecified atom stereocenters. The highest BCUT2D eigenvalue weighted by atomic mass is 19.1. The fourth-order valence-electron chi connectivity index (χ4n) is 4.58. The van der Waals surface area contributed by atoms with E-state index >= 15 is 0 Å². The number of fused-ring (bicyclic) bond motifs is 1. The zero-order valence-electron chi connectivity index (χ0n) is 21.1. The Morgan fingerprint density at radius 1 is 1.26 bits per heavy atom. The molecular weight excluding hydrogens is 491 g/mol. The minimum atomic E-state index is -0.636. The number of benzene rings is 2. The molecule has 10 nitrogen and oxygen atoms in total. The maximum absolute atomic E-state index is 14.5. The molecule has 38 heavy (non-hydrogen) atoms. The largest absolute Gasteiger partial charge is 0.494 e. The van der Waals surface area contributed by atoms with E-state index in [4.69, 9.17) is 9.47 Å². The van der Waals surface area contributed by atoms with E-state index in [9.17, 15) is 14.3 Å².